The van der Waals surface area contributed by atoms with Gasteiger partial charge in [0.2, 0.25) is 0 Å². The number of hydrogen-bond donors (Lipinski definition) is 1. The lowest BCUT2D eigenvalue weighted by molar-refractivity contribution is -0.0125. The van der Waals surface area contributed by atoms with Crippen LogP contribution < -0.4 is 0 Å². The molecule has 0 heterocycles. The van der Waals surface area contributed by atoms with Crippen LogP contribution in [-0.2, 0) is 6.42 Å². The summed E-state index contributed by atoms with van der Waals surface area (Å²) < 4.78 is 0. The molecule has 0 aromatic heterocycles. The number of aliphatic hydroxyl groups excluding tert-OH is 1. The Morgan fingerprint density at radius 2 is 1.95 bits per heavy atom. The summed E-state index contributed by atoms with van der Waals surface area (Å²) in [6.45, 7) is 6.68. The van der Waals surface area contributed by atoms with Gasteiger partial charge in [0.15, 0.2) is 0 Å². The zero-order valence-electron chi connectivity index (χ0n) is 12.5. The van der Waals surface area contributed by atoms with Crippen molar-refractivity contribution in [2.24, 2.45) is 17.3 Å². The fourth-order valence-electron chi connectivity index (χ4n) is 3.57. The molecule has 0 bridgehead atoms. The molecule has 0 saturated heterocycles. The van der Waals surface area contributed by atoms with Crippen LogP contribution in [0.5, 0.6) is 0 Å². The highest BCUT2D eigenvalue weighted by Crippen LogP contribution is 2.43. The van der Waals surface area contributed by atoms with Crippen LogP contribution >= 0.6 is 23.2 Å². The van der Waals surface area contributed by atoms with Gasteiger partial charge in [0, 0.05) is 0 Å². The quantitative estimate of drug-likeness (QED) is 0.796. The first kappa shape index (κ1) is 16.1. The average Bonchev–Trinajstić information content (AvgIpc) is 2.34. The van der Waals surface area contributed by atoms with Gasteiger partial charge in [-0.3, -0.25) is 0 Å². The molecular formula is C17H24Cl2O. The minimum atomic E-state index is -0.202. The highest BCUT2D eigenvalue weighted by atomic mass is 35.5. The standard InChI is InChI=1S/C17H24Cl2O/c1-11-7-8-13(15(20)9-11)17(2,3)10-12-5-4-6-14(18)16(12)19/h4-6,11,13,15,20H,7-10H2,1-3H3. The van der Waals surface area contributed by atoms with Crippen LogP contribution in [0.3, 0.4) is 0 Å². The van der Waals surface area contributed by atoms with Crippen molar-refractivity contribution in [3.8, 4) is 0 Å². The first-order valence-corrected chi connectivity index (χ1v) is 8.18. The maximum atomic E-state index is 10.4. The molecule has 0 radical (unpaired) electrons. The fourth-order valence-corrected chi connectivity index (χ4v) is 3.96. The van der Waals surface area contributed by atoms with E-state index in [1.165, 1.54) is 6.42 Å². The lowest BCUT2D eigenvalue weighted by Gasteiger charge is -2.42. The van der Waals surface area contributed by atoms with Crippen LogP contribution in [0, 0.1) is 17.3 Å². The molecule has 0 spiro atoms. The maximum absolute atomic E-state index is 10.4. The number of aliphatic hydroxyl groups is 1. The summed E-state index contributed by atoms with van der Waals surface area (Å²) in [5, 5.41) is 11.7. The van der Waals surface area contributed by atoms with Gasteiger partial charge in [-0.15, -0.1) is 0 Å². The predicted octanol–water partition coefficient (Wildman–Crippen LogP) is 5.36. The number of rotatable bonds is 3. The monoisotopic (exact) mass is 314 g/mol. The molecule has 3 heteroatoms. The van der Waals surface area contributed by atoms with Crippen molar-refractivity contribution in [3.63, 3.8) is 0 Å². The lowest BCUT2D eigenvalue weighted by atomic mass is 9.65. The van der Waals surface area contributed by atoms with Gasteiger partial charge in [0.1, 0.15) is 0 Å². The van der Waals surface area contributed by atoms with Crippen molar-refractivity contribution in [1.29, 1.82) is 0 Å². The van der Waals surface area contributed by atoms with Crippen molar-refractivity contribution in [2.75, 3.05) is 0 Å². The molecular weight excluding hydrogens is 291 g/mol. The summed E-state index contributed by atoms with van der Waals surface area (Å²) in [5.74, 6) is 0.959. The Labute approximate surface area is 132 Å². The number of benzene rings is 1. The zero-order valence-corrected chi connectivity index (χ0v) is 14.0. The Bertz CT molecular complexity index is 470. The van der Waals surface area contributed by atoms with E-state index < -0.39 is 0 Å². The van der Waals surface area contributed by atoms with Crippen LogP contribution in [0.1, 0.15) is 45.6 Å². The minimum absolute atomic E-state index is 0.0217. The first-order valence-electron chi connectivity index (χ1n) is 7.42. The molecule has 1 nitrogen and oxygen atoms in total. The summed E-state index contributed by atoms with van der Waals surface area (Å²) >= 11 is 12.4. The van der Waals surface area contributed by atoms with Gasteiger partial charge in [-0.25, -0.2) is 0 Å². The molecule has 1 aliphatic rings. The second kappa shape index (κ2) is 6.25. The van der Waals surface area contributed by atoms with Gasteiger partial charge < -0.3 is 5.11 Å². The third-order valence-electron chi connectivity index (χ3n) is 4.76. The van der Waals surface area contributed by atoms with Crippen molar-refractivity contribution < 1.29 is 5.11 Å². The van der Waals surface area contributed by atoms with Crippen LogP contribution in [-0.4, -0.2) is 11.2 Å². The van der Waals surface area contributed by atoms with Crippen LogP contribution in [0.25, 0.3) is 0 Å². The molecule has 1 aliphatic carbocycles. The van der Waals surface area contributed by atoms with Crippen molar-refractivity contribution in [1.82, 2.24) is 0 Å². The Morgan fingerprint density at radius 1 is 1.25 bits per heavy atom. The van der Waals surface area contributed by atoms with Crippen LogP contribution in [0.2, 0.25) is 10.0 Å². The topological polar surface area (TPSA) is 20.2 Å². The van der Waals surface area contributed by atoms with Crippen LogP contribution in [0.15, 0.2) is 18.2 Å². The van der Waals surface area contributed by atoms with E-state index in [9.17, 15) is 5.11 Å². The molecule has 20 heavy (non-hydrogen) atoms. The molecule has 0 amide bonds. The minimum Gasteiger partial charge on any atom is -0.393 e. The molecule has 0 aliphatic heterocycles. The molecule has 3 atom stereocenters. The average molecular weight is 315 g/mol. The van der Waals surface area contributed by atoms with Gasteiger partial charge in [0.25, 0.3) is 0 Å². The normalized spacial score (nSPS) is 27.6. The Morgan fingerprint density at radius 3 is 2.60 bits per heavy atom. The Balaban J connectivity index is 2.16. The number of halogens is 2. The summed E-state index contributed by atoms with van der Waals surface area (Å²) in [4.78, 5) is 0. The van der Waals surface area contributed by atoms with E-state index in [0.717, 1.165) is 24.8 Å². The SMILES string of the molecule is CC1CCC(C(C)(C)Cc2cccc(Cl)c2Cl)C(O)C1. The van der Waals surface area contributed by atoms with Crippen LogP contribution in [0.4, 0.5) is 0 Å². The molecule has 1 N–H and O–H groups in total. The van der Waals surface area contributed by atoms with Crippen molar-refractivity contribution in [3.05, 3.63) is 33.8 Å². The summed E-state index contributed by atoms with van der Waals surface area (Å²) in [7, 11) is 0. The third-order valence-corrected chi connectivity index (χ3v) is 5.62. The van der Waals surface area contributed by atoms with E-state index in [1.54, 1.807) is 0 Å². The molecule has 1 fully saturated rings. The van der Waals surface area contributed by atoms with E-state index in [0.29, 0.717) is 21.9 Å². The highest BCUT2D eigenvalue weighted by Gasteiger charge is 2.38. The molecule has 1 aromatic rings. The van der Waals surface area contributed by atoms with E-state index in [-0.39, 0.29) is 11.5 Å². The largest absolute Gasteiger partial charge is 0.393 e. The third kappa shape index (κ3) is 3.50. The predicted molar refractivity (Wildman–Crippen MR) is 86.5 cm³/mol. The summed E-state index contributed by atoms with van der Waals surface area (Å²) in [6.07, 6.45) is 3.86. The van der Waals surface area contributed by atoms with Gasteiger partial charge in [-0.1, -0.05) is 62.5 Å². The molecule has 2 rings (SSSR count). The van der Waals surface area contributed by atoms with Crippen molar-refractivity contribution in [2.45, 2.75) is 52.6 Å². The Kier molecular flexibility index (Phi) is 5.05. The molecule has 3 unspecified atom stereocenters. The van der Waals surface area contributed by atoms with Gasteiger partial charge >= 0.3 is 0 Å². The highest BCUT2D eigenvalue weighted by molar-refractivity contribution is 6.42. The second-order valence-electron chi connectivity index (χ2n) is 6.97. The van der Waals surface area contributed by atoms with E-state index in [2.05, 4.69) is 20.8 Å². The van der Waals surface area contributed by atoms with E-state index >= 15 is 0 Å². The van der Waals surface area contributed by atoms with Gasteiger partial charge in [-0.2, -0.15) is 0 Å². The molecule has 112 valence electrons. The smallest absolute Gasteiger partial charge is 0.0624 e. The first-order chi connectivity index (χ1) is 9.31. The summed E-state index contributed by atoms with van der Waals surface area (Å²) in [6, 6.07) is 5.80. The van der Waals surface area contributed by atoms with Gasteiger partial charge in [-0.05, 0) is 48.1 Å². The number of hydrogen-bond acceptors (Lipinski definition) is 1. The second-order valence-corrected chi connectivity index (χ2v) is 7.76. The lowest BCUT2D eigenvalue weighted by Crippen LogP contribution is -2.39. The Hall–Kier alpha value is -0.240. The van der Waals surface area contributed by atoms with Gasteiger partial charge in [0.05, 0.1) is 16.1 Å². The zero-order chi connectivity index (χ0) is 14.9. The molecule has 1 aromatic carbocycles. The fraction of sp³-hybridized carbons (Fsp3) is 0.647. The molecule has 1 saturated carbocycles. The maximum Gasteiger partial charge on any atom is 0.0624 e. The van der Waals surface area contributed by atoms with E-state index in [4.69, 9.17) is 23.2 Å². The van der Waals surface area contributed by atoms with E-state index in [1.807, 2.05) is 18.2 Å². The summed E-state index contributed by atoms with van der Waals surface area (Å²) in [5.41, 5.74) is 1.10. The van der Waals surface area contributed by atoms with Crippen molar-refractivity contribution >= 4 is 23.2 Å².